The van der Waals surface area contributed by atoms with Crippen molar-refractivity contribution in [3.63, 3.8) is 0 Å². The molecule has 1 aliphatic heterocycles. The van der Waals surface area contributed by atoms with Crippen molar-refractivity contribution in [2.45, 2.75) is 51.4 Å². The molecular weight excluding hydrogens is 210 g/mol. The average molecular weight is 231 g/mol. The molecule has 1 rings (SSSR count). The summed E-state index contributed by atoms with van der Waals surface area (Å²) in [4.78, 5) is 0.898. The molecule has 0 saturated carbocycles. The van der Waals surface area contributed by atoms with E-state index in [1.165, 1.54) is 0 Å². The monoisotopic (exact) mass is 231 g/mol. The van der Waals surface area contributed by atoms with Gasteiger partial charge < -0.3 is 9.74 Å². The van der Waals surface area contributed by atoms with Gasteiger partial charge in [-0.25, -0.2) is 0 Å². The van der Waals surface area contributed by atoms with Gasteiger partial charge in [-0.3, -0.25) is 0 Å². The van der Waals surface area contributed by atoms with Crippen LogP contribution in [0.3, 0.4) is 0 Å². The first kappa shape index (κ1) is 12.1. The fourth-order valence-corrected chi connectivity index (χ4v) is 2.87. The third kappa shape index (κ3) is 2.55. The Balaban J connectivity index is 2.63. The van der Waals surface area contributed by atoms with Crippen molar-refractivity contribution in [3.8, 4) is 0 Å². The molecule has 0 unspecified atom stereocenters. The SMILES string of the molecule is CC(C)(C)[Si](C)(C)O[C@H]1CCNC1=S. The Labute approximate surface area is 93.5 Å². The smallest absolute Gasteiger partial charge is 0.193 e. The number of thiocarbonyl (C=S) groups is 1. The van der Waals surface area contributed by atoms with Gasteiger partial charge in [0.05, 0.1) is 6.10 Å². The molecule has 0 radical (unpaired) electrons. The molecule has 4 heteroatoms. The van der Waals surface area contributed by atoms with Crippen LogP contribution in [0.1, 0.15) is 27.2 Å². The highest BCUT2D eigenvalue weighted by Gasteiger charge is 2.40. The van der Waals surface area contributed by atoms with Crippen LogP contribution in [0, 0.1) is 0 Å². The lowest BCUT2D eigenvalue weighted by Crippen LogP contribution is -2.45. The molecule has 0 aromatic heterocycles. The lowest BCUT2D eigenvalue weighted by Gasteiger charge is -2.38. The van der Waals surface area contributed by atoms with Crippen molar-refractivity contribution >= 4 is 25.5 Å². The third-order valence-electron chi connectivity index (χ3n) is 3.24. The van der Waals surface area contributed by atoms with E-state index in [0.29, 0.717) is 0 Å². The molecule has 1 atom stereocenters. The summed E-state index contributed by atoms with van der Waals surface area (Å²) in [5.41, 5.74) is 0. The first-order valence-electron chi connectivity index (χ1n) is 5.19. The number of rotatable bonds is 2. The van der Waals surface area contributed by atoms with Crippen molar-refractivity contribution in [2.24, 2.45) is 0 Å². The maximum absolute atomic E-state index is 6.21. The van der Waals surface area contributed by atoms with Gasteiger partial charge in [-0.15, -0.1) is 0 Å². The van der Waals surface area contributed by atoms with Gasteiger partial charge in [-0.05, 0) is 24.6 Å². The lowest BCUT2D eigenvalue weighted by molar-refractivity contribution is 0.246. The highest BCUT2D eigenvalue weighted by atomic mass is 32.1. The maximum atomic E-state index is 6.21. The van der Waals surface area contributed by atoms with Crippen molar-refractivity contribution in [1.82, 2.24) is 5.32 Å². The molecule has 0 aromatic carbocycles. The van der Waals surface area contributed by atoms with E-state index in [4.69, 9.17) is 16.6 Å². The van der Waals surface area contributed by atoms with Crippen LogP contribution >= 0.6 is 12.2 Å². The van der Waals surface area contributed by atoms with Crippen LogP contribution in [0.5, 0.6) is 0 Å². The summed E-state index contributed by atoms with van der Waals surface area (Å²) >= 11 is 5.22. The van der Waals surface area contributed by atoms with Gasteiger partial charge in [-0.2, -0.15) is 0 Å². The predicted molar refractivity (Wildman–Crippen MR) is 67.3 cm³/mol. The molecule has 1 fully saturated rings. The Morgan fingerprint density at radius 1 is 1.43 bits per heavy atom. The number of nitrogens with one attached hydrogen (secondary N) is 1. The lowest BCUT2D eigenvalue weighted by atomic mass is 10.2. The van der Waals surface area contributed by atoms with Crippen LogP contribution in [-0.4, -0.2) is 26.0 Å². The minimum Gasteiger partial charge on any atom is -0.407 e. The van der Waals surface area contributed by atoms with Crippen LogP contribution in [0.2, 0.25) is 18.1 Å². The maximum Gasteiger partial charge on any atom is 0.193 e. The first-order chi connectivity index (χ1) is 6.24. The average Bonchev–Trinajstić information content (AvgIpc) is 2.33. The van der Waals surface area contributed by atoms with Crippen molar-refractivity contribution in [2.75, 3.05) is 6.54 Å². The highest BCUT2D eigenvalue weighted by molar-refractivity contribution is 7.80. The van der Waals surface area contributed by atoms with Crippen LogP contribution in [0.4, 0.5) is 0 Å². The van der Waals surface area contributed by atoms with E-state index >= 15 is 0 Å². The van der Waals surface area contributed by atoms with Gasteiger partial charge in [0.25, 0.3) is 0 Å². The molecule has 14 heavy (non-hydrogen) atoms. The standard InChI is InChI=1S/C10H21NOSSi/c1-10(2,3)14(4,5)12-8-6-7-11-9(8)13/h8H,6-7H2,1-5H3,(H,11,13)/t8-/m0/s1. The Kier molecular flexibility index (Phi) is 3.39. The van der Waals surface area contributed by atoms with Crippen molar-refractivity contribution in [1.29, 1.82) is 0 Å². The number of hydrogen-bond donors (Lipinski definition) is 1. The highest BCUT2D eigenvalue weighted by Crippen LogP contribution is 2.37. The fourth-order valence-electron chi connectivity index (χ4n) is 1.22. The molecular formula is C10H21NOSSi. The van der Waals surface area contributed by atoms with Crippen LogP contribution in [0.15, 0.2) is 0 Å². The number of hydrogen-bond acceptors (Lipinski definition) is 2. The molecule has 1 N–H and O–H groups in total. The molecule has 1 heterocycles. The normalized spacial score (nSPS) is 23.8. The van der Waals surface area contributed by atoms with E-state index in [1.807, 2.05) is 0 Å². The molecule has 0 spiro atoms. The summed E-state index contributed by atoms with van der Waals surface area (Å²) < 4.78 is 6.21. The minimum absolute atomic E-state index is 0.172. The summed E-state index contributed by atoms with van der Waals surface area (Å²) in [6.45, 7) is 12.3. The van der Waals surface area contributed by atoms with Gasteiger partial charge in [0.2, 0.25) is 0 Å². The minimum atomic E-state index is -1.64. The van der Waals surface area contributed by atoms with E-state index in [1.54, 1.807) is 0 Å². The Morgan fingerprint density at radius 2 is 2.00 bits per heavy atom. The van der Waals surface area contributed by atoms with Crippen molar-refractivity contribution < 1.29 is 4.43 Å². The summed E-state index contributed by atoms with van der Waals surface area (Å²) in [5, 5.41) is 3.44. The zero-order chi connectivity index (χ0) is 11.0. The molecule has 2 nitrogen and oxygen atoms in total. The van der Waals surface area contributed by atoms with E-state index in [2.05, 4.69) is 39.2 Å². The van der Waals surface area contributed by atoms with Crippen LogP contribution in [0.25, 0.3) is 0 Å². The zero-order valence-corrected chi connectivity index (χ0v) is 11.6. The van der Waals surface area contributed by atoms with Gasteiger partial charge >= 0.3 is 0 Å². The molecule has 82 valence electrons. The third-order valence-corrected chi connectivity index (χ3v) is 8.13. The molecule has 0 aliphatic carbocycles. The Morgan fingerprint density at radius 3 is 2.36 bits per heavy atom. The van der Waals surface area contributed by atoms with Gasteiger partial charge in [0.1, 0.15) is 4.99 Å². The first-order valence-corrected chi connectivity index (χ1v) is 8.51. The van der Waals surface area contributed by atoms with Crippen molar-refractivity contribution in [3.05, 3.63) is 0 Å². The van der Waals surface area contributed by atoms with E-state index in [9.17, 15) is 0 Å². The van der Waals surface area contributed by atoms with Crippen LogP contribution < -0.4 is 5.32 Å². The van der Waals surface area contributed by atoms with Crippen LogP contribution in [-0.2, 0) is 4.43 Å². The topological polar surface area (TPSA) is 21.3 Å². The summed E-state index contributed by atoms with van der Waals surface area (Å²) in [6, 6.07) is 0. The van der Waals surface area contributed by atoms with E-state index in [0.717, 1.165) is 18.0 Å². The van der Waals surface area contributed by atoms with E-state index < -0.39 is 8.32 Å². The summed E-state index contributed by atoms with van der Waals surface area (Å²) in [5.74, 6) is 0. The zero-order valence-electron chi connectivity index (χ0n) is 9.81. The van der Waals surface area contributed by atoms with Gasteiger partial charge in [-0.1, -0.05) is 33.0 Å². The second kappa shape index (κ2) is 3.91. The summed E-state index contributed by atoms with van der Waals surface area (Å²) in [7, 11) is -1.64. The predicted octanol–water partition coefficient (Wildman–Crippen LogP) is 2.70. The quantitative estimate of drug-likeness (QED) is 0.583. The fraction of sp³-hybridized carbons (Fsp3) is 0.900. The largest absolute Gasteiger partial charge is 0.407 e. The second-order valence-corrected chi connectivity index (χ2v) is 10.6. The van der Waals surface area contributed by atoms with Gasteiger partial charge in [0.15, 0.2) is 8.32 Å². The molecule has 1 aliphatic rings. The Bertz CT molecular complexity index is 235. The molecule has 0 bridgehead atoms. The molecule has 1 saturated heterocycles. The van der Waals surface area contributed by atoms with E-state index in [-0.39, 0.29) is 11.1 Å². The molecule has 0 aromatic rings. The summed E-state index contributed by atoms with van der Waals surface area (Å²) in [6.07, 6.45) is 1.21. The Hall–Kier alpha value is 0.0669. The molecule has 0 amide bonds. The van der Waals surface area contributed by atoms with Gasteiger partial charge in [0, 0.05) is 6.54 Å². The second-order valence-electron chi connectivity index (χ2n) is 5.45.